The fourth-order valence-electron chi connectivity index (χ4n) is 2.95. The van der Waals surface area contributed by atoms with Crippen molar-refractivity contribution in [2.45, 2.75) is 12.8 Å². The van der Waals surface area contributed by atoms with Crippen LogP contribution in [0.4, 0.5) is 11.4 Å². The van der Waals surface area contributed by atoms with Gasteiger partial charge in [-0.2, -0.15) is 0 Å². The molecule has 0 aliphatic rings. The van der Waals surface area contributed by atoms with Crippen molar-refractivity contribution < 1.29 is 19.1 Å². The molecule has 0 fully saturated rings. The molecule has 0 atom stereocenters. The number of rotatable bonds is 8. The lowest BCUT2D eigenvalue weighted by atomic mass is 10.1. The van der Waals surface area contributed by atoms with E-state index < -0.39 is 0 Å². The minimum atomic E-state index is -0.288. The van der Waals surface area contributed by atoms with Gasteiger partial charge in [0.15, 0.2) is 0 Å². The molecule has 3 aromatic carbocycles. The molecule has 2 N–H and O–H groups in total. The number of methoxy groups -OCH3 is 2. The van der Waals surface area contributed by atoms with Gasteiger partial charge in [0.2, 0.25) is 5.91 Å². The van der Waals surface area contributed by atoms with Gasteiger partial charge in [0.1, 0.15) is 11.5 Å². The van der Waals surface area contributed by atoms with E-state index in [-0.39, 0.29) is 11.8 Å². The molecule has 2 amide bonds. The molecule has 6 nitrogen and oxygen atoms in total. The predicted molar refractivity (Wildman–Crippen MR) is 117 cm³/mol. The predicted octanol–water partition coefficient (Wildman–Crippen LogP) is 4.53. The highest BCUT2D eigenvalue weighted by atomic mass is 16.5. The van der Waals surface area contributed by atoms with E-state index in [4.69, 9.17) is 9.47 Å². The summed E-state index contributed by atoms with van der Waals surface area (Å²) in [7, 11) is 3.09. The van der Waals surface area contributed by atoms with Gasteiger partial charge in [-0.1, -0.05) is 30.3 Å². The number of ether oxygens (including phenoxy) is 2. The van der Waals surface area contributed by atoms with E-state index in [1.165, 1.54) is 7.11 Å². The van der Waals surface area contributed by atoms with Crippen LogP contribution in [0.25, 0.3) is 0 Å². The van der Waals surface area contributed by atoms with Crippen molar-refractivity contribution in [1.82, 2.24) is 0 Å². The first-order valence-electron chi connectivity index (χ1n) is 9.56. The summed E-state index contributed by atoms with van der Waals surface area (Å²) in [5.41, 5.74) is 2.64. The molecule has 3 aromatic rings. The van der Waals surface area contributed by atoms with Crippen LogP contribution >= 0.6 is 0 Å². The lowest BCUT2D eigenvalue weighted by Gasteiger charge is -2.13. The van der Waals surface area contributed by atoms with Gasteiger partial charge in [0.05, 0.1) is 19.9 Å². The topological polar surface area (TPSA) is 76.7 Å². The molecule has 0 radical (unpaired) electrons. The molecule has 0 bridgehead atoms. The second-order valence-electron chi connectivity index (χ2n) is 6.63. The van der Waals surface area contributed by atoms with Gasteiger partial charge in [-0.05, 0) is 54.4 Å². The van der Waals surface area contributed by atoms with Crippen molar-refractivity contribution in [1.29, 1.82) is 0 Å². The Morgan fingerprint density at radius 1 is 0.833 bits per heavy atom. The standard InChI is InChI=1S/C24H24N2O4/c1-29-20-12-9-18(10-13-20)24(28)26-21-16-19(11-14-22(21)30-2)25-23(27)15-8-17-6-4-3-5-7-17/h3-7,9-14,16H,8,15H2,1-2H3,(H,25,27)(H,26,28). The number of hydrogen-bond acceptors (Lipinski definition) is 4. The third-order valence-electron chi connectivity index (χ3n) is 4.57. The largest absolute Gasteiger partial charge is 0.497 e. The second-order valence-corrected chi connectivity index (χ2v) is 6.63. The van der Waals surface area contributed by atoms with Crippen molar-refractivity contribution in [3.8, 4) is 11.5 Å². The van der Waals surface area contributed by atoms with Crippen LogP contribution in [0.3, 0.4) is 0 Å². The minimum absolute atomic E-state index is 0.101. The maximum atomic E-state index is 12.6. The first kappa shape index (κ1) is 20.9. The molecule has 0 aliphatic heterocycles. The highest BCUT2D eigenvalue weighted by molar-refractivity contribution is 6.05. The summed E-state index contributed by atoms with van der Waals surface area (Å²) in [6, 6.07) is 21.8. The van der Waals surface area contributed by atoms with Crippen molar-refractivity contribution in [2.24, 2.45) is 0 Å². The Morgan fingerprint density at radius 2 is 1.57 bits per heavy atom. The molecule has 30 heavy (non-hydrogen) atoms. The molecule has 0 unspecified atom stereocenters. The minimum Gasteiger partial charge on any atom is -0.497 e. The summed E-state index contributed by atoms with van der Waals surface area (Å²) >= 11 is 0. The van der Waals surface area contributed by atoms with Crippen LogP contribution in [0.15, 0.2) is 72.8 Å². The zero-order valence-electron chi connectivity index (χ0n) is 17.0. The van der Waals surface area contributed by atoms with Crippen molar-refractivity contribution in [2.75, 3.05) is 24.9 Å². The van der Waals surface area contributed by atoms with Gasteiger partial charge in [-0.25, -0.2) is 0 Å². The van der Waals surface area contributed by atoms with Crippen LogP contribution in [-0.2, 0) is 11.2 Å². The van der Waals surface area contributed by atoms with Crippen molar-refractivity contribution in [3.63, 3.8) is 0 Å². The van der Waals surface area contributed by atoms with Crippen LogP contribution < -0.4 is 20.1 Å². The monoisotopic (exact) mass is 404 g/mol. The molecule has 154 valence electrons. The molecule has 0 saturated heterocycles. The molecule has 6 heteroatoms. The Bertz CT molecular complexity index is 1000. The third-order valence-corrected chi connectivity index (χ3v) is 4.57. The number of carbonyl (C=O) groups is 2. The van der Waals surface area contributed by atoms with Crippen LogP contribution in [-0.4, -0.2) is 26.0 Å². The summed E-state index contributed by atoms with van der Waals surface area (Å²) in [5.74, 6) is 0.781. The molecule has 0 saturated carbocycles. The van der Waals surface area contributed by atoms with Crippen LogP contribution in [0.1, 0.15) is 22.3 Å². The zero-order chi connectivity index (χ0) is 21.3. The molecular formula is C24H24N2O4. The first-order chi connectivity index (χ1) is 14.6. The van der Waals surface area contributed by atoms with E-state index in [1.807, 2.05) is 30.3 Å². The lowest BCUT2D eigenvalue weighted by molar-refractivity contribution is -0.116. The summed E-state index contributed by atoms with van der Waals surface area (Å²) in [5, 5.41) is 5.70. The van der Waals surface area contributed by atoms with Gasteiger partial charge in [0, 0.05) is 17.7 Å². The fourth-order valence-corrected chi connectivity index (χ4v) is 2.95. The van der Waals surface area contributed by atoms with E-state index in [1.54, 1.807) is 49.6 Å². The Morgan fingerprint density at radius 3 is 2.23 bits per heavy atom. The second kappa shape index (κ2) is 10.1. The number of benzene rings is 3. The zero-order valence-corrected chi connectivity index (χ0v) is 17.0. The van der Waals surface area contributed by atoms with Crippen molar-refractivity contribution >= 4 is 23.2 Å². The molecule has 0 aliphatic carbocycles. The SMILES string of the molecule is COc1ccc(C(=O)Nc2cc(NC(=O)CCc3ccccc3)ccc2OC)cc1. The molecule has 3 rings (SSSR count). The Kier molecular flexibility index (Phi) is 7.05. The van der Waals surface area contributed by atoms with E-state index in [2.05, 4.69) is 10.6 Å². The van der Waals surface area contributed by atoms with Gasteiger partial charge in [-0.3, -0.25) is 9.59 Å². The van der Waals surface area contributed by atoms with Crippen molar-refractivity contribution in [3.05, 3.63) is 83.9 Å². The summed E-state index contributed by atoms with van der Waals surface area (Å²) < 4.78 is 10.4. The van der Waals surface area contributed by atoms with E-state index in [9.17, 15) is 9.59 Å². The highest BCUT2D eigenvalue weighted by Gasteiger charge is 2.12. The average molecular weight is 404 g/mol. The summed E-state index contributed by atoms with van der Waals surface area (Å²) in [6.07, 6.45) is 1.02. The maximum Gasteiger partial charge on any atom is 0.255 e. The molecule has 0 aromatic heterocycles. The summed E-state index contributed by atoms with van der Waals surface area (Å²) in [4.78, 5) is 24.9. The van der Waals surface area contributed by atoms with Gasteiger partial charge in [-0.15, -0.1) is 0 Å². The average Bonchev–Trinajstić information content (AvgIpc) is 2.78. The van der Waals surface area contributed by atoms with Crippen LogP contribution in [0.2, 0.25) is 0 Å². The van der Waals surface area contributed by atoms with E-state index in [0.29, 0.717) is 41.3 Å². The number of amides is 2. The number of hydrogen-bond donors (Lipinski definition) is 2. The Hall–Kier alpha value is -3.80. The highest BCUT2D eigenvalue weighted by Crippen LogP contribution is 2.28. The van der Waals surface area contributed by atoms with Gasteiger partial charge < -0.3 is 20.1 Å². The molecular weight excluding hydrogens is 380 g/mol. The first-order valence-corrected chi connectivity index (χ1v) is 9.56. The quantitative estimate of drug-likeness (QED) is 0.578. The van der Waals surface area contributed by atoms with Crippen LogP contribution in [0.5, 0.6) is 11.5 Å². The maximum absolute atomic E-state index is 12.6. The van der Waals surface area contributed by atoms with Gasteiger partial charge in [0.25, 0.3) is 5.91 Å². The number of aryl methyl sites for hydroxylation is 1. The molecule has 0 heterocycles. The van der Waals surface area contributed by atoms with E-state index in [0.717, 1.165) is 5.56 Å². The number of nitrogens with one attached hydrogen (secondary N) is 2. The normalized spacial score (nSPS) is 10.2. The van der Waals surface area contributed by atoms with Crippen LogP contribution in [0, 0.1) is 0 Å². The van der Waals surface area contributed by atoms with Gasteiger partial charge >= 0.3 is 0 Å². The summed E-state index contributed by atoms with van der Waals surface area (Å²) in [6.45, 7) is 0. The molecule has 0 spiro atoms. The lowest BCUT2D eigenvalue weighted by Crippen LogP contribution is -2.15. The smallest absolute Gasteiger partial charge is 0.255 e. The third kappa shape index (κ3) is 5.61. The van der Waals surface area contributed by atoms with E-state index >= 15 is 0 Å². The fraction of sp³-hybridized carbons (Fsp3) is 0.167. The number of anilines is 2. The Labute approximate surface area is 175 Å². The Balaban J connectivity index is 1.66. The number of carbonyl (C=O) groups excluding carboxylic acids is 2.